The van der Waals surface area contributed by atoms with E-state index in [1.807, 2.05) is 19.1 Å². The lowest BCUT2D eigenvalue weighted by Crippen LogP contribution is -2.35. The molecule has 0 bridgehead atoms. The summed E-state index contributed by atoms with van der Waals surface area (Å²) in [5, 5.41) is 10.4. The van der Waals surface area contributed by atoms with E-state index in [4.69, 9.17) is 4.74 Å². The first-order chi connectivity index (χ1) is 9.79. The number of aliphatic hydroxyl groups is 1. The Kier molecular flexibility index (Phi) is 4.92. The lowest BCUT2D eigenvalue weighted by Gasteiger charge is -2.40. The smallest absolute Gasteiger partial charge is 0.122 e. The van der Waals surface area contributed by atoms with Crippen molar-refractivity contribution in [2.75, 3.05) is 7.11 Å². The standard InChI is InChI=1S/C18H29NO2/c1-12-8-16(21-5)11-15(19-12)10-13-9-14(18(2,3)4)6-7-17(13)20/h8,11,13-14,17,20H,6-7,9-10H2,1-5H3. The van der Waals surface area contributed by atoms with Gasteiger partial charge < -0.3 is 9.84 Å². The van der Waals surface area contributed by atoms with E-state index >= 15 is 0 Å². The van der Waals surface area contributed by atoms with Gasteiger partial charge in [-0.25, -0.2) is 0 Å². The number of aryl methyl sites for hydroxylation is 1. The number of methoxy groups -OCH3 is 1. The van der Waals surface area contributed by atoms with Gasteiger partial charge in [0, 0.05) is 23.5 Å². The molecule has 1 aliphatic rings. The Balaban J connectivity index is 2.11. The van der Waals surface area contributed by atoms with Crippen LogP contribution in [-0.2, 0) is 6.42 Å². The third-order valence-electron chi connectivity index (χ3n) is 4.85. The number of ether oxygens (including phenoxy) is 1. The minimum Gasteiger partial charge on any atom is -0.497 e. The second-order valence-electron chi connectivity index (χ2n) is 7.55. The summed E-state index contributed by atoms with van der Waals surface area (Å²) in [6.45, 7) is 8.91. The molecule has 0 radical (unpaired) electrons. The minimum absolute atomic E-state index is 0.197. The molecule has 1 N–H and O–H groups in total. The molecule has 0 spiro atoms. The summed E-state index contributed by atoms with van der Waals surface area (Å²) in [5.74, 6) is 1.84. The molecule has 0 amide bonds. The van der Waals surface area contributed by atoms with Crippen molar-refractivity contribution in [1.29, 1.82) is 0 Å². The minimum atomic E-state index is -0.197. The Morgan fingerprint density at radius 1 is 1.29 bits per heavy atom. The maximum absolute atomic E-state index is 10.4. The highest BCUT2D eigenvalue weighted by molar-refractivity contribution is 5.27. The van der Waals surface area contributed by atoms with Crippen molar-refractivity contribution < 1.29 is 9.84 Å². The molecule has 1 heterocycles. The van der Waals surface area contributed by atoms with Gasteiger partial charge in [-0.05, 0) is 49.9 Å². The summed E-state index contributed by atoms with van der Waals surface area (Å²) in [7, 11) is 1.68. The van der Waals surface area contributed by atoms with Crippen molar-refractivity contribution in [2.24, 2.45) is 17.3 Å². The molecule has 0 aliphatic heterocycles. The maximum Gasteiger partial charge on any atom is 0.122 e. The van der Waals surface area contributed by atoms with E-state index in [9.17, 15) is 5.11 Å². The molecule has 3 heteroatoms. The predicted octanol–water partition coefficient (Wildman–Crippen LogP) is 3.76. The molecule has 1 aliphatic carbocycles. The monoisotopic (exact) mass is 291 g/mol. The molecule has 2 rings (SSSR count). The van der Waals surface area contributed by atoms with Crippen molar-refractivity contribution in [3.63, 3.8) is 0 Å². The highest BCUT2D eigenvalue weighted by atomic mass is 16.5. The average molecular weight is 291 g/mol. The number of nitrogens with zero attached hydrogens (tertiary/aromatic N) is 1. The first kappa shape index (κ1) is 16.3. The van der Waals surface area contributed by atoms with Crippen LogP contribution in [0, 0.1) is 24.2 Å². The van der Waals surface area contributed by atoms with Crippen molar-refractivity contribution in [3.05, 3.63) is 23.5 Å². The summed E-state index contributed by atoms with van der Waals surface area (Å²) < 4.78 is 5.32. The normalized spacial score (nSPS) is 26.7. The van der Waals surface area contributed by atoms with Gasteiger partial charge in [-0.2, -0.15) is 0 Å². The van der Waals surface area contributed by atoms with Crippen molar-refractivity contribution in [1.82, 2.24) is 4.98 Å². The van der Waals surface area contributed by atoms with Crippen molar-refractivity contribution >= 4 is 0 Å². The van der Waals surface area contributed by atoms with Gasteiger partial charge in [-0.15, -0.1) is 0 Å². The first-order valence-corrected chi connectivity index (χ1v) is 7.99. The van der Waals surface area contributed by atoms with Crippen LogP contribution in [-0.4, -0.2) is 23.3 Å². The Labute approximate surface area is 128 Å². The van der Waals surface area contributed by atoms with Crippen LogP contribution in [0.2, 0.25) is 0 Å². The van der Waals surface area contributed by atoms with Crippen LogP contribution in [0.4, 0.5) is 0 Å². The number of hydrogen-bond donors (Lipinski definition) is 1. The van der Waals surface area contributed by atoms with Gasteiger partial charge in [-0.1, -0.05) is 20.8 Å². The summed E-state index contributed by atoms with van der Waals surface area (Å²) in [5.41, 5.74) is 2.32. The van der Waals surface area contributed by atoms with E-state index in [2.05, 4.69) is 25.8 Å². The molecular weight excluding hydrogens is 262 g/mol. The van der Waals surface area contributed by atoms with Gasteiger partial charge in [0.25, 0.3) is 0 Å². The fraction of sp³-hybridized carbons (Fsp3) is 0.722. The van der Waals surface area contributed by atoms with E-state index in [-0.39, 0.29) is 6.10 Å². The molecule has 21 heavy (non-hydrogen) atoms. The molecule has 1 saturated carbocycles. The van der Waals surface area contributed by atoms with Crippen LogP contribution >= 0.6 is 0 Å². The predicted molar refractivity (Wildman–Crippen MR) is 85.5 cm³/mol. The fourth-order valence-electron chi connectivity index (χ4n) is 3.45. The SMILES string of the molecule is COc1cc(C)nc(CC2CC(C(C)(C)C)CCC2O)c1. The molecule has 118 valence electrons. The second-order valence-corrected chi connectivity index (χ2v) is 7.55. The van der Waals surface area contributed by atoms with Gasteiger partial charge in [0.15, 0.2) is 0 Å². The van der Waals surface area contributed by atoms with Crippen LogP contribution in [0.15, 0.2) is 12.1 Å². The maximum atomic E-state index is 10.4. The first-order valence-electron chi connectivity index (χ1n) is 7.99. The van der Waals surface area contributed by atoms with Crippen molar-refractivity contribution in [2.45, 2.75) is 59.5 Å². The van der Waals surface area contributed by atoms with Gasteiger partial charge in [-0.3, -0.25) is 4.98 Å². The van der Waals surface area contributed by atoms with Gasteiger partial charge in [0.2, 0.25) is 0 Å². The Hall–Kier alpha value is -1.09. The highest BCUT2D eigenvalue weighted by Gasteiger charge is 2.35. The lowest BCUT2D eigenvalue weighted by molar-refractivity contribution is 0.0192. The quantitative estimate of drug-likeness (QED) is 0.922. The third-order valence-corrected chi connectivity index (χ3v) is 4.85. The average Bonchev–Trinajstić information content (AvgIpc) is 2.39. The van der Waals surface area contributed by atoms with Gasteiger partial charge in [0.05, 0.1) is 13.2 Å². The highest BCUT2D eigenvalue weighted by Crippen LogP contribution is 2.41. The van der Waals surface area contributed by atoms with Gasteiger partial charge in [0.1, 0.15) is 5.75 Å². The fourth-order valence-corrected chi connectivity index (χ4v) is 3.45. The zero-order chi connectivity index (χ0) is 15.6. The lowest BCUT2D eigenvalue weighted by atomic mass is 9.67. The van der Waals surface area contributed by atoms with Gasteiger partial charge >= 0.3 is 0 Å². The number of hydrogen-bond acceptors (Lipinski definition) is 3. The molecule has 1 fully saturated rings. The Bertz CT molecular complexity index is 479. The number of aliphatic hydroxyl groups excluding tert-OH is 1. The molecule has 0 aromatic carbocycles. The molecule has 1 aromatic heterocycles. The topological polar surface area (TPSA) is 42.4 Å². The largest absolute Gasteiger partial charge is 0.497 e. The third kappa shape index (κ3) is 4.19. The van der Waals surface area contributed by atoms with Crippen LogP contribution in [0.25, 0.3) is 0 Å². The van der Waals surface area contributed by atoms with E-state index in [0.29, 0.717) is 17.3 Å². The molecule has 3 unspecified atom stereocenters. The van der Waals surface area contributed by atoms with E-state index < -0.39 is 0 Å². The number of pyridine rings is 1. The molecule has 0 saturated heterocycles. The number of aromatic nitrogens is 1. The second kappa shape index (κ2) is 6.35. The van der Waals surface area contributed by atoms with E-state index in [1.165, 1.54) is 0 Å². The van der Waals surface area contributed by atoms with Crippen LogP contribution in [0.5, 0.6) is 5.75 Å². The van der Waals surface area contributed by atoms with E-state index in [0.717, 1.165) is 42.8 Å². The molecule has 1 aromatic rings. The Morgan fingerprint density at radius 3 is 2.62 bits per heavy atom. The Morgan fingerprint density at radius 2 is 2.00 bits per heavy atom. The summed E-state index contributed by atoms with van der Waals surface area (Å²) in [4.78, 5) is 4.61. The molecule has 3 atom stereocenters. The summed E-state index contributed by atoms with van der Waals surface area (Å²) >= 11 is 0. The summed E-state index contributed by atoms with van der Waals surface area (Å²) in [6.07, 6.45) is 3.77. The zero-order valence-corrected chi connectivity index (χ0v) is 14.0. The van der Waals surface area contributed by atoms with Crippen LogP contribution in [0.1, 0.15) is 51.4 Å². The van der Waals surface area contributed by atoms with Crippen LogP contribution in [0.3, 0.4) is 0 Å². The molecule has 3 nitrogen and oxygen atoms in total. The van der Waals surface area contributed by atoms with Crippen LogP contribution < -0.4 is 4.74 Å². The van der Waals surface area contributed by atoms with E-state index in [1.54, 1.807) is 7.11 Å². The molecular formula is C18H29NO2. The van der Waals surface area contributed by atoms with Crippen molar-refractivity contribution in [3.8, 4) is 5.75 Å². The summed E-state index contributed by atoms with van der Waals surface area (Å²) in [6, 6.07) is 3.94. The number of rotatable bonds is 3. The zero-order valence-electron chi connectivity index (χ0n) is 14.0.